The van der Waals surface area contributed by atoms with Crippen LogP contribution in [0.1, 0.15) is 30.7 Å². The second-order valence-corrected chi connectivity index (χ2v) is 6.92. The monoisotopic (exact) mass is 366 g/mol. The third-order valence-electron chi connectivity index (χ3n) is 4.50. The molecule has 0 aliphatic heterocycles. The Morgan fingerprint density at radius 2 is 1.93 bits per heavy atom. The lowest BCUT2D eigenvalue weighted by atomic mass is 9.84. The van der Waals surface area contributed by atoms with Crippen molar-refractivity contribution in [2.24, 2.45) is 0 Å². The number of hydrogen-bond acceptors (Lipinski definition) is 5. The Labute approximate surface area is 157 Å². The highest BCUT2D eigenvalue weighted by Gasteiger charge is 2.34. The van der Waals surface area contributed by atoms with Crippen molar-refractivity contribution in [2.75, 3.05) is 7.11 Å². The number of nitrogens with zero attached hydrogens (tertiary/aromatic N) is 2. The first-order valence-electron chi connectivity index (χ1n) is 8.62. The molecule has 3 rings (SSSR count). The molecule has 3 aromatic rings. The number of hydrogen-bond donors (Lipinski definition) is 0. The van der Waals surface area contributed by atoms with Gasteiger partial charge in [-0.1, -0.05) is 24.3 Å². The SMILES string of the molecule is COc1ccccc1C(C)(C)C(=O)OCc1cc(=O)n2cc(C)ccc2n1. The van der Waals surface area contributed by atoms with Gasteiger partial charge in [-0.3, -0.25) is 14.0 Å². The number of ether oxygens (including phenoxy) is 2. The first-order valence-corrected chi connectivity index (χ1v) is 8.62. The first-order chi connectivity index (χ1) is 12.8. The van der Waals surface area contributed by atoms with E-state index in [1.165, 1.54) is 10.5 Å². The average molecular weight is 366 g/mol. The van der Waals surface area contributed by atoms with E-state index in [0.717, 1.165) is 11.1 Å². The summed E-state index contributed by atoms with van der Waals surface area (Å²) in [6, 6.07) is 12.4. The number of aromatic nitrogens is 2. The lowest BCUT2D eigenvalue weighted by Crippen LogP contribution is -2.31. The molecule has 0 atom stereocenters. The van der Waals surface area contributed by atoms with E-state index in [0.29, 0.717) is 17.1 Å². The molecule has 27 heavy (non-hydrogen) atoms. The minimum absolute atomic E-state index is 0.0724. The molecule has 0 N–H and O–H groups in total. The van der Waals surface area contributed by atoms with Gasteiger partial charge in [-0.15, -0.1) is 0 Å². The fraction of sp³-hybridized carbons (Fsp3) is 0.286. The standard InChI is InChI=1S/C21H22N2O4/c1-14-9-10-18-22-15(11-19(24)23(18)12-14)13-27-20(25)21(2,3)16-7-5-6-8-17(16)26-4/h5-12H,13H2,1-4H3. The van der Waals surface area contributed by atoms with E-state index in [1.807, 2.05) is 31.2 Å². The van der Waals surface area contributed by atoms with E-state index in [4.69, 9.17) is 9.47 Å². The maximum absolute atomic E-state index is 12.7. The number of esters is 1. The van der Waals surface area contributed by atoms with Crippen molar-refractivity contribution in [3.05, 3.63) is 75.8 Å². The Kier molecular flexibility index (Phi) is 4.99. The largest absolute Gasteiger partial charge is 0.496 e. The summed E-state index contributed by atoms with van der Waals surface area (Å²) < 4.78 is 12.3. The predicted molar refractivity (Wildman–Crippen MR) is 102 cm³/mol. The van der Waals surface area contributed by atoms with Crippen LogP contribution in [-0.4, -0.2) is 22.5 Å². The number of rotatable bonds is 5. The fourth-order valence-electron chi connectivity index (χ4n) is 2.92. The maximum Gasteiger partial charge on any atom is 0.316 e. The summed E-state index contributed by atoms with van der Waals surface area (Å²) in [5, 5.41) is 0. The van der Waals surface area contributed by atoms with Crippen LogP contribution in [0, 0.1) is 6.92 Å². The van der Waals surface area contributed by atoms with Crippen LogP contribution in [0.25, 0.3) is 5.65 Å². The second kappa shape index (κ2) is 7.23. The summed E-state index contributed by atoms with van der Waals surface area (Å²) in [5.74, 6) is 0.204. The molecule has 0 bridgehead atoms. The Hall–Kier alpha value is -3.15. The number of para-hydroxylation sites is 1. The molecule has 0 saturated carbocycles. The highest BCUT2D eigenvalue weighted by Crippen LogP contribution is 2.32. The van der Waals surface area contributed by atoms with Gasteiger partial charge in [0.25, 0.3) is 5.56 Å². The number of benzene rings is 1. The summed E-state index contributed by atoms with van der Waals surface area (Å²) >= 11 is 0. The molecule has 0 spiro atoms. The highest BCUT2D eigenvalue weighted by molar-refractivity contribution is 5.83. The quantitative estimate of drug-likeness (QED) is 0.649. The lowest BCUT2D eigenvalue weighted by molar-refractivity contribution is -0.150. The summed E-state index contributed by atoms with van der Waals surface area (Å²) in [6.45, 7) is 5.38. The minimum Gasteiger partial charge on any atom is -0.496 e. The van der Waals surface area contributed by atoms with Gasteiger partial charge in [-0.05, 0) is 38.5 Å². The predicted octanol–water partition coefficient (Wildman–Crippen LogP) is 3.03. The number of fused-ring (bicyclic) bond motifs is 1. The molecular formula is C21H22N2O4. The van der Waals surface area contributed by atoms with Crippen molar-refractivity contribution in [3.8, 4) is 5.75 Å². The third-order valence-corrected chi connectivity index (χ3v) is 4.50. The van der Waals surface area contributed by atoms with Gasteiger partial charge in [0.15, 0.2) is 0 Å². The molecule has 0 aliphatic rings. The number of pyridine rings is 1. The number of carbonyl (C=O) groups excluding carboxylic acids is 1. The molecule has 6 heteroatoms. The van der Waals surface area contributed by atoms with Crippen molar-refractivity contribution < 1.29 is 14.3 Å². The second-order valence-electron chi connectivity index (χ2n) is 6.92. The van der Waals surface area contributed by atoms with Crippen LogP contribution in [-0.2, 0) is 21.6 Å². The van der Waals surface area contributed by atoms with Crippen LogP contribution >= 0.6 is 0 Å². The first kappa shape index (κ1) is 18.6. The molecule has 6 nitrogen and oxygen atoms in total. The van der Waals surface area contributed by atoms with Crippen molar-refractivity contribution in [3.63, 3.8) is 0 Å². The van der Waals surface area contributed by atoms with Gasteiger partial charge in [-0.25, -0.2) is 4.98 Å². The molecule has 0 aliphatic carbocycles. The zero-order valence-corrected chi connectivity index (χ0v) is 15.9. The van der Waals surface area contributed by atoms with Gasteiger partial charge in [-0.2, -0.15) is 0 Å². The van der Waals surface area contributed by atoms with E-state index in [-0.39, 0.29) is 12.2 Å². The van der Waals surface area contributed by atoms with Crippen molar-refractivity contribution in [1.82, 2.24) is 9.38 Å². The zero-order valence-electron chi connectivity index (χ0n) is 15.9. The number of aryl methyl sites for hydroxylation is 1. The van der Waals surface area contributed by atoms with E-state index in [1.54, 1.807) is 39.3 Å². The topological polar surface area (TPSA) is 69.9 Å². The third kappa shape index (κ3) is 3.69. The molecule has 140 valence electrons. The van der Waals surface area contributed by atoms with Crippen LogP contribution < -0.4 is 10.3 Å². The summed E-state index contributed by atoms with van der Waals surface area (Å²) in [5.41, 5.74) is 1.51. The molecule has 2 aromatic heterocycles. The molecule has 2 heterocycles. The Balaban J connectivity index is 1.82. The lowest BCUT2D eigenvalue weighted by Gasteiger charge is -2.24. The summed E-state index contributed by atoms with van der Waals surface area (Å²) in [7, 11) is 1.56. The van der Waals surface area contributed by atoms with Crippen LogP contribution in [0.4, 0.5) is 0 Å². The number of carbonyl (C=O) groups is 1. The Morgan fingerprint density at radius 1 is 1.19 bits per heavy atom. The van der Waals surface area contributed by atoms with E-state index < -0.39 is 11.4 Å². The normalized spacial score (nSPS) is 11.4. The smallest absolute Gasteiger partial charge is 0.316 e. The molecule has 0 unspecified atom stereocenters. The fourth-order valence-corrected chi connectivity index (χ4v) is 2.92. The van der Waals surface area contributed by atoms with Crippen LogP contribution in [0.5, 0.6) is 5.75 Å². The van der Waals surface area contributed by atoms with Crippen LogP contribution in [0.2, 0.25) is 0 Å². The van der Waals surface area contributed by atoms with Crippen molar-refractivity contribution >= 4 is 11.6 Å². The van der Waals surface area contributed by atoms with E-state index in [9.17, 15) is 9.59 Å². The van der Waals surface area contributed by atoms with Gasteiger partial charge in [0.05, 0.1) is 18.2 Å². The molecular weight excluding hydrogens is 344 g/mol. The Morgan fingerprint density at radius 3 is 2.67 bits per heavy atom. The molecule has 0 radical (unpaired) electrons. The maximum atomic E-state index is 12.7. The zero-order chi connectivity index (χ0) is 19.6. The number of methoxy groups -OCH3 is 1. The summed E-state index contributed by atoms with van der Waals surface area (Å²) in [6.07, 6.45) is 1.73. The Bertz CT molecular complexity index is 1050. The van der Waals surface area contributed by atoms with Gasteiger partial charge < -0.3 is 9.47 Å². The molecule has 1 aromatic carbocycles. The average Bonchev–Trinajstić information content (AvgIpc) is 2.66. The molecule has 0 fully saturated rings. The van der Waals surface area contributed by atoms with Gasteiger partial charge in [0.1, 0.15) is 18.0 Å². The minimum atomic E-state index is -0.907. The van der Waals surface area contributed by atoms with Crippen LogP contribution in [0.15, 0.2) is 53.5 Å². The van der Waals surface area contributed by atoms with Crippen LogP contribution in [0.3, 0.4) is 0 Å². The molecule has 0 amide bonds. The van der Waals surface area contributed by atoms with Gasteiger partial charge in [0.2, 0.25) is 0 Å². The van der Waals surface area contributed by atoms with Gasteiger partial charge >= 0.3 is 5.97 Å². The van der Waals surface area contributed by atoms with Crippen molar-refractivity contribution in [1.29, 1.82) is 0 Å². The molecule has 0 saturated heterocycles. The van der Waals surface area contributed by atoms with Gasteiger partial charge in [0, 0.05) is 17.8 Å². The van der Waals surface area contributed by atoms with E-state index in [2.05, 4.69) is 4.98 Å². The van der Waals surface area contributed by atoms with E-state index >= 15 is 0 Å². The summed E-state index contributed by atoms with van der Waals surface area (Å²) in [4.78, 5) is 29.4. The highest BCUT2D eigenvalue weighted by atomic mass is 16.5. The van der Waals surface area contributed by atoms with Crippen molar-refractivity contribution in [2.45, 2.75) is 32.8 Å².